The van der Waals surface area contributed by atoms with Crippen LogP contribution in [0.15, 0.2) is 52.4 Å². The SMILES string of the molecule is COc1ccc(/C=C2\SC(=Nc3ccccc3C(=O)O)N(C)C2=O)c(OC)c1. The van der Waals surface area contributed by atoms with Gasteiger partial charge in [0.1, 0.15) is 11.5 Å². The lowest BCUT2D eigenvalue weighted by Crippen LogP contribution is -2.23. The monoisotopic (exact) mass is 398 g/mol. The molecule has 0 radical (unpaired) electrons. The molecular formula is C20H18N2O5S. The van der Waals surface area contributed by atoms with Gasteiger partial charge in [0.05, 0.1) is 30.4 Å². The predicted octanol–water partition coefficient (Wildman–Crippen LogP) is 3.64. The fourth-order valence-corrected chi connectivity index (χ4v) is 3.56. The number of ether oxygens (including phenoxy) is 2. The van der Waals surface area contributed by atoms with Crippen LogP contribution in [-0.4, -0.2) is 48.3 Å². The predicted molar refractivity (Wildman–Crippen MR) is 108 cm³/mol. The van der Waals surface area contributed by atoms with Crippen LogP contribution in [0.25, 0.3) is 6.08 Å². The van der Waals surface area contributed by atoms with Gasteiger partial charge in [-0.2, -0.15) is 0 Å². The van der Waals surface area contributed by atoms with Crippen LogP contribution in [0.4, 0.5) is 5.69 Å². The molecule has 1 fully saturated rings. The highest BCUT2D eigenvalue weighted by molar-refractivity contribution is 8.18. The Hall–Kier alpha value is -3.26. The molecule has 0 aromatic heterocycles. The molecule has 1 saturated heterocycles. The van der Waals surface area contributed by atoms with Crippen LogP contribution in [0.5, 0.6) is 11.5 Å². The zero-order valence-corrected chi connectivity index (χ0v) is 16.3. The van der Waals surface area contributed by atoms with Crippen molar-refractivity contribution in [3.05, 3.63) is 58.5 Å². The molecule has 1 N–H and O–H groups in total. The molecule has 1 heterocycles. The number of rotatable bonds is 5. The highest BCUT2D eigenvalue weighted by atomic mass is 32.2. The van der Waals surface area contributed by atoms with Crippen molar-refractivity contribution in [1.82, 2.24) is 4.90 Å². The summed E-state index contributed by atoms with van der Waals surface area (Å²) in [6.45, 7) is 0. The number of aromatic carboxylic acids is 1. The Bertz CT molecular complexity index is 1000. The Morgan fingerprint density at radius 1 is 1.18 bits per heavy atom. The number of likely N-dealkylation sites (N-methyl/N-ethyl adjacent to an activating group) is 1. The van der Waals surface area contributed by atoms with Crippen molar-refractivity contribution in [3.8, 4) is 11.5 Å². The summed E-state index contributed by atoms with van der Waals surface area (Å²) in [5, 5.41) is 9.71. The molecular weight excluding hydrogens is 380 g/mol. The molecule has 28 heavy (non-hydrogen) atoms. The van der Waals surface area contributed by atoms with E-state index in [9.17, 15) is 14.7 Å². The third kappa shape index (κ3) is 3.86. The largest absolute Gasteiger partial charge is 0.497 e. The van der Waals surface area contributed by atoms with E-state index >= 15 is 0 Å². The van der Waals surface area contributed by atoms with Crippen molar-refractivity contribution in [3.63, 3.8) is 0 Å². The summed E-state index contributed by atoms with van der Waals surface area (Å²) in [6.07, 6.45) is 1.72. The van der Waals surface area contributed by atoms with Crippen LogP contribution >= 0.6 is 11.8 Å². The first-order valence-electron chi connectivity index (χ1n) is 8.25. The number of carbonyl (C=O) groups excluding carboxylic acids is 1. The highest BCUT2D eigenvalue weighted by Crippen LogP contribution is 2.36. The molecule has 0 spiro atoms. The molecule has 2 aromatic carbocycles. The smallest absolute Gasteiger partial charge is 0.337 e. The molecule has 0 saturated carbocycles. The van der Waals surface area contributed by atoms with E-state index < -0.39 is 5.97 Å². The average Bonchev–Trinajstić information content (AvgIpc) is 2.96. The summed E-state index contributed by atoms with van der Waals surface area (Å²) in [7, 11) is 4.71. The molecule has 0 bridgehead atoms. The molecule has 1 amide bonds. The van der Waals surface area contributed by atoms with E-state index in [1.165, 1.54) is 22.7 Å². The lowest BCUT2D eigenvalue weighted by atomic mass is 10.1. The van der Waals surface area contributed by atoms with Gasteiger partial charge in [-0.3, -0.25) is 9.69 Å². The van der Waals surface area contributed by atoms with Crippen LogP contribution in [0.2, 0.25) is 0 Å². The molecule has 144 valence electrons. The Labute approximate surface area is 166 Å². The first-order valence-corrected chi connectivity index (χ1v) is 9.07. The second-order valence-corrected chi connectivity index (χ2v) is 6.81. The van der Waals surface area contributed by atoms with Gasteiger partial charge in [0.2, 0.25) is 0 Å². The van der Waals surface area contributed by atoms with Crippen LogP contribution in [-0.2, 0) is 4.79 Å². The van der Waals surface area contributed by atoms with Gasteiger partial charge in [-0.1, -0.05) is 12.1 Å². The van der Waals surface area contributed by atoms with Crippen molar-refractivity contribution < 1.29 is 24.2 Å². The number of benzene rings is 2. The Balaban J connectivity index is 1.97. The second-order valence-electron chi connectivity index (χ2n) is 5.80. The number of para-hydroxylation sites is 1. The summed E-state index contributed by atoms with van der Waals surface area (Å²) < 4.78 is 10.6. The first-order chi connectivity index (χ1) is 13.4. The molecule has 2 aromatic rings. The quantitative estimate of drug-likeness (QED) is 0.774. The van der Waals surface area contributed by atoms with E-state index in [-0.39, 0.29) is 11.5 Å². The Kier molecular flexibility index (Phi) is 5.70. The lowest BCUT2D eigenvalue weighted by molar-refractivity contribution is -0.121. The maximum absolute atomic E-state index is 12.6. The molecule has 1 aliphatic rings. The maximum atomic E-state index is 12.6. The maximum Gasteiger partial charge on any atom is 0.337 e. The number of methoxy groups -OCH3 is 2. The zero-order chi connectivity index (χ0) is 20.3. The number of amides is 1. The Morgan fingerprint density at radius 2 is 1.93 bits per heavy atom. The molecule has 0 unspecified atom stereocenters. The highest BCUT2D eigenvalue weighted by Gasteiger charge is 2.31. The summed E-state index contributed by atoms with van der Waals surface area (Å²) in [4.78, 5) is 30.2. The van der Waals surface area contributed by atoms with E-state index in [0.717, 1.165) is 5.56 Å². The van der Waals surface area contributed by atoms with Gasteiger partial charge < -0.3 is 14.6 Å². The van der Waals surface area contributed by atoms with Gasteiger partial charge in [0, 0.05) is 18.7 Å². The van der Waals surface area contributed by atoms with Crippen LogP contribution < -0.4 is 9.47 Å². The summed E-state index contributed by atoms with van der Waals surface area (Å²) >= 11 is 1.17. The number of carboxylic acids is 1. The standard InChI is InChI=1S/C20H18N2O5S/c1-22-18(23)17(10-12-8-9-13(26-2)11-16(12)27-3)28-20(22)21-15-7-5-4-6-14(15)19(24)25/h4-11H,1-3H3,(H,24,25)/b17-10-,21-20?. The average molecular weight is 398 g/mol. The van der Waals surface area contributed by atoms with Gasteiger partial charge >= 0.3 is 5.97 Å². The van der Waals surface area contributed by atoms with Gasteiger partial charge in [-0.25, -0.2) is 9.79 Å². The van der Waals surface area contributed by atoms with Crippen LogP contribution in [0.1, 0.15) is 15.9 Å². The minimum Gasteiger partial charge on any atom is -0.497 e. The normalized spacial score (nSPS) is 16.7. The van der Waals surface area contributed by atoms with Crippen molar-refractivity contribution in [1.29, 1.82) is 0 Å². The minimum absolute atomic E-state index is 0.0747. The number of hydrogen-bond acceptors (Lipinski definition) is 6. The van der Waals surface area contributed by atoms with E-state index in [4.69, 9.17) is 9.47 Å². The van der Waals surface area contributed by atoms with E-state index in [1.807, 2.05) is 0 Å². The molecule has 8 heteroatoms. The first kappa shape index (κ1) is 19.5. The lowest BCUT2D eigenvalue weighted by Gasteiger charge is -2.08. The number of nitrogens with zero attached hydrogens (tertiary/aromatic N) is 2. The second kappa shape index (κ2) is 8.18. The van der Waals surface area contributed by atoms with Crippen molar-refractivity contribution in [2.75, 3.05) is 21.3 Å². The minimum atomic E-state index is -1.07. The summed E-state index contributed by atoms with van der Waals surface area (Å²) in [5.74, 6) is -0.0800. The zero-order valence-electron chi connectivity index (χ0n) is 15.5. The number of hydrogen-bond donors (Lipinski definition) is 1. The van der Waals surface area contributed by atoms with Gasteiger partial charge in [0.25, 0.3) is 5.91 Å². The molecule has 7 nitrogen and oxygen atoms in total. The fourth-order valence-electron chi connectivity index (χ4n) is 2.59. The van der Waals surface area contributed by atoms with Gasteiger partial charge in [-0.05, 0) is 42.1 Å². The fraction of sp³-hybridized carbons (Fsp3) is 0.150. The third-order valence-electron chi connectivity index (χ3n) is 4.08. The van der Waals surface area contributed by atoms with Crippen LogP contribution in [0.3, 0.4) is 0 Å². The van der Waals surface area contributed by atoms with E-state index in [1.54, 1.807) is 63.7 Å². The van der Waals surface area contributed by atoms with Crippen molar-refractivity contribution >= 4 is 40.6 Å². The third-order valence-corrected chi connectivity index (χ3v) is 5.14. The van der Waals surface area contributed by atoms with Gasteiger partial charge in [-0.15, -0.1) is 0 Å². The number of aliphatic imine (C=N–C) groups is 1. The van der Waals surface area contributed by atoms with Crippen molar-refractivity contribution in [2.24, 2.45) is 4.99 Å². The van der Waals surface area contributed by atoms with Crippen LogP contribution in [0, 0.1) is 0 Å². The Morgan fingerprint density at radius 3 is 2.61 bits per heavy atom. The van der Waals surface area contributed by atoms with Crippen molar-refractivity contribution in [2.45, 2.75) is 0 Å². The van der Waals surface area contributed by atoms with Gasteiger partial charge in [0.15, 0.2) is 5.17 Å². The molecule has 0 atom stereocenters. The summed E-state index contributed by atoms with van der Waals surface area (Å²) in [5.41, 5.74) is 1.09. The topological polar surface area (TPSA) is 88.4 Å². The van der Waals surface area contributed by atoms with E-state index in [2.05, 4.69) is 4.99 Å². The molecule has 1 aliphatic heterocycles. The summed E-state index contributed by atoms with van der Waals surface area (Å²) in [6, 6.07) is 11.7. The number of thioether (sulfide) groups is 1. The number of carbonyl (C=O) groups is 2. The van der Waals surface area contributed by atoms with E-state index in [0.29, 0.717) is 27.3 Å². The molecule has 3 rings (SSSR count). The number of carboxylic acid groups (broad SMARTS) is 1. The number of amidine groups is 1. The molecule has 0 aliphatic carbocycles.